The van der Waals surface area contributed by atoms with Crippen molar-refractivity contribution >= 4 is 12.0 Å². The number of rotatable bonds is 8. The summed E-state index contributed by atoms with van der Waals surface area (Å²) in [5, 5.41) is 17.9. The monoisotopic (exact) mass is 506 g/mol. The van der Waals surface area contributed by atoms with Crippen LogP contribution in [0.15, 0.2) is 9.05 Å². The number of methoxy groups -OCH3 is 1. The SMILES string of the molecule is CC(C)c1noc(N2CCC(C3CO3)CC2)n1.COCC(O)C1CCN(c2nc(C(C)C)no2)CC1. The topological polar surface area (TPSA) is 126 Å². The van der Waals surface area contributed by atoms with Crippen LogP contribution in [0.4, 0.5) is 12.0 Å². The van der Waals surface area contributed by atoms with Crippen molar-refractivity contribution in [3.63, 3.8) is 0 Å². The summed E-state index contributed by atoms with van der Waals surface area (Å²) in [4.78, 5) is 13.1. The van der Waals surface area contributed by atoms with Gasteiger partial charge < -0.3 is 33.4 Å². The molecule has 0 amide bonds. The van der Waals surface area contributed by atoms with Gasteiger partial charge in [0, 0.05) is 45.1 Å². The van der Waals surface area contributed by atoms with Crippen LogP contribution in [0.2, 0.25) is 0 Å². The highest BCUT2D eigenvalue weighted by Gasteiger charge is 2.35. The lowest BCUT2D eigenvalue weighted by molar-refractivity contribution is 0.0174. The highest BCUT2D eigenvalue weighted by atomic mass is 16.6. The Labute approximate surface area is 213 Å². The lowest BCUT2D eigenvalue weighted by atomic mass is 9.92. The third-order valence-corrected chi connectivity index (χ3v) is 7.28. The Hall–Kier alpha value is -2.24. The summed E-state index contributed by atoms with van der Waals surface area (Å²) in [5.41, 5.74) is 0. The van der Waals surface area contributed by atoms with E-state index in [4.69, 9.17) is 18.5 Å². The molecule has 3 aliphatic rings. The fourth-order valence-electron chi connectivity index (χ4n) is 4.75. The van der Waals surface area contributed by atoms with Crippen LogP contribution in [0.25, 0.3) is 0 Å². The van der Waals surface area contributed by atoms with Crippen molar-refractivity contribution in [2.75, 3.05) is 56.3 Å². The van der Waals surface area contributed by atoms with Gasteiger partial charge in [0.2, 0.25) is 0 Å². The zero-order valence-electron chi connectivity index (χ0n) is 22.3. The van der Waals surface area contributed by atoms with Gasteiger partial charge in [0.25, 0.3) is 0 Å². The first-order valence-corrected chi connectivity index (χ1v) is 13.3. The molecule has 0 saturated carbocycles. The highest BCUT2D eigenvalue weighted by Crippen LogP contribution is 2.31. The van der Waals surface area contributed by atoms with Crippen LogP contribution in [0.5, 0.6) is 0 Å². The van der Waals surface area contributed by atoms with Crippen LogP contribution in [0, 0.1) is 11.8 Å². The van der Waals surface area contributed by atoms with Gasteiger partial charge in [-0.05, 0) is 37.5 Å². The molecule has 0 radical (unpaired) electrons. The number of hydrogen-bond acceptors (Lipinski definition) is 11. The standard InChI is InChI=1S/C13H23N3O3.C12H19N3O2/c1-9(2)12-14-13(19-15-12)16-6-4-10(5-7-16)11(17)8-18-3;1-8(2)11-13-12(17-14-11)15-5-3-9(4-6-15)10-7-16-10/h9-11,17H,4-8H2,1-3H3;8-10H,3-7H2,1-2H3. The maximum atomic E-state index is 9.91. The lowest BCUT2D eigenvalue weighted by Gasteiger charge is -2.32. The number of aliphatic hydroxyl groups is 1. The van der Waals surface area contributed by atoms with Gasteiger partial charge in [-0.1, -0.05) is 38.0 Å². The quantitative estimate of drug-likeness (QED) is 0.530. The second-order valence-corrected chi connectivity index (χ2v) is 10.7. The molecule has 2 aromatic rings. The Morgan fingerprint density at radius 3 is 1.72 bits per heavy atom. The second-order valence-electron chi connectivity index (χ2n) is 10.7. The smallest absolute Gasteiger partial charge is 0.324 e. The minimum atomic E-state index is -0.374. The number of aliphatic hydroxyl groups excluding tert-OH is 1. The van der Waals surface area contributed by atoms with Gasteiger partial charge in [-0.2, -0.15) is 9.97 Å². The third-order valence-electron chi connectivity index (χ3n) is 7.28. The average Bonchev–Trinajstić information content (AvgIpc) is 3.39. The lowest BCUT2D eigenvalue weighted by Crippen LogP contribution is -2.39. The molecule has 3 saturated heterocycles. The van der Waals surface area contributed by atoms with Crippen LogP contribution in [-0.2, 0) is 9.47 Å². The van der Waals surface area contributed by atoms with Crippen molar-refractivity contribution < 1.29 is 23.6 Å². The fourth-order valence-corrected chi connectivity index (χ4v) is 4.75. The van der Waals surface area contributed by atoms with Gasteiger partial charge in [-0.15, -0.1) is 0 Å². The molecule has 11 heteroatoms. The summed E-state index contributed by atoms with van der Waals surface area (Å²) < 4.78 is 20.9. The van der Waals surface area contributed by atoms with E-state index in [1.54, 1.807) is 7.11 Å². The molecule has 1 N–H and O–H groups in total. The Morgan fingerprint density at radius 1 is 0.861 bits per heavy atom. The number of aromatic nitrogens is 4. The summed E-state index contributed by atoms with van der Waals surface area (Å²) in [5.74, 6) is 3.18. The van der Waals surface area contributed by atoms with E-state index >= 15 is 0 Å². The summed E-state index contributed by atoms with van der Waals surface area (Å²) in [7, 11) is 1.62. The van der Waals surface area contributed by atoms with Crippen molar-refractivity contribution in [1.82, 2.24) is 20.3 Å². The molecule has 0 spiro atoms. The molecular weight excluding hydrogens is 464 g/mol. The van der Waals surface area contributed by atoms with E-state index in [9.17, 15) is 5.11 Å². The van der Waals surface area contributed by atoms with Crippen molar-refractivity contribution in [2.45, 2.75) is 77.4 Å². The van der Waals surface area contributed by atoms with E-state index in [0.717, 1.165) is 63.2 Å². The minimum Gasteiger partial charge on any atom is -0.390 e. The van der Waals surface area contributed by atoms with E-state index in [-0.39, 0.29) is 12.0 Å². The molecule has 2 aromatic heterocycles. The molecule has 0 aromatic carbocycles. The summed E-state index contributed by atoms with van der Waals surface area (Å²) in [6.07, 6.45) is 4.34. The van der Waals surface area contributed by atoms with Gasteiger partial charge in [-0.25, -0.2) is 0 Å². The van der Waals surface area contributed by atoms with E-state index in [1.807, 2.05) is 13.8 Å². The normalized spacial score (nSPS) is 22.2. The molecule has 5 rings (SSSR count). The van der Waals surface area contributed by atoms with Crippen LogP contribution < -0.4 is 9.80 Å². The maximum Gasteiger partial charge on any atom is 0.324 e. The molecule has 0 bridgehead atoms. The average molecular weight is 507 g/mol. The predicted molar refractivity (Wildman–Crippen MR) is 134 cm³/mol. The van der Waals surface area contributed by atoms with Crippen LogP contribution in [0.3, 0.4) is 0 Å². The van der Waals surface area contributed by atoms with Crippen molar-refractivity contribution in [1.29, 1.82) is 0 Å². The van der Waals surface area contributed by atoms with E-state index in [1.165, 1.54) is 12.8 Å². The Balaban J connectivity index is 0.000000170. The largest absolute Gasteiger partial charge is 0.390 e. The van der Waals surface area contributed by atoms with E-state index < -0.39 is 0 Å². The Kier molecular flexibility index (Phi) is 9.19. The number of anilines is 2. The number of epoxide rings is 1. The van der Waals surface area contributed by atoms with Gasteiger partial charge in [-0.3, -0.25) is 0 Å². The Morgan fingerprint density at radius 2 is 1.33 bits per heavy atom. The first kappa shape index (κ1) is 26.8. The van der Waals surface area contributed by atoms with Gasteiger partial charge >= 0.3 is 12.0 Å². The van der Waals surface area contributed by atoms with Crippen molar-refractivity contribution in [2.24, 2.45) is 11.8 Å². The van der Waals surface area contributed by atoms with E-state index in [0.29, 0.717) is 36.6 Å². The van der Waals surface area contributed by atoms with Crippen LogP contribution in [0.1, 0.15) is 76.9 Å². The van der Waals surface area contributed by atoms with Gasteiger partial charge in [0.1, 0.15) is 0 Å². The fraction of sp³-hybridized carbons (Fsp3) is 0.840. The zero-order chi connectivity index (χ0) is 25.7. The van der Waals surface area contributed by atoms with Gasteiger partial charge in [0.05, 0.1) is 25.4 Å². The molecule has 202 valence electrons. The zero-order valence-corrected chi connectivity index (χ0v) is 22.3. The molecular formula is C25H42N6O5. The molecule has 2 unspecified atom stereocenters. The molecule has 3 aliphatic heterocycles. The number of ether oxygens (including phenoxy) is 2. The molecule has 3 fully saturated rings. The third kappa shape index (κ3) is 6.95. The summed E-state index contributed by atoms with van der Waals surface area (Å²) >= 11 is 0. The summed E-state index contributed by atoms with van der Waals surface area (Å²) in [6.45, 7) is 13.3. The molecule has 5 heterocycles. The predicted octanol–water partition coefficient (Wildman–Crippen LogP) is 3.22. The molecule has 36 heavy (non-hydrogen) atoms. The van der Waals surface area contributed by atoms with E-state index in [2.05, 4.69) is 43.9 Å². The first-order valence-electron chi connectivity index (χ1n) is 13.3. The number of nitrogens with zero attached hydrogens (tertiary/aromatic N) is 6. The van der Waals surface area contributed by atoms with Crippen LogP contribution >= 0.6 is 0 Å². The highest BCUT2D eigenvalue weighted by molar-refractivity contribution is 5.27. The number of piperidine rings is 2. The van der Waals surface area contributed by atoms with Crippen molar-refractivity contribution in [3.8, 4) is 0 Å². The second kappa shape index (κ2) is 12.3. The van der Waals surface area contributed by atoms with Crippen LogP contribution in [-0.4, -0.2) is 84.1 Å². The Bertz CT molecular complexity index is 914. The van der Waals surface area contributed by atoms with Gasteiger partial charge in [0.15, 0.2) is 11.6 Å². The van der Waals surface area contributed by atoms with Crippen molar-refractivity contribution in [3.05, 3.63) is 11.6 Å². The maximum absolute atomic E-state index is 9.91. The minimum absolute atomic E-state index is 0.276. The molecule has 11 nitrogen and oxygen atoms in total. The molecule has 0 aliphatic carbocycles. The first-order chi connectivity index (χ1) is 17.4. The summed E-state index contributed by atoms with van der Waals surface area (Å²) in [6, 6.07) is 1.28. The molecule has 2 atom stereocenters. The number of hydrogen-bond donors (Lipinski definition) is 1.